The molecular formula is C16H20BrN3. The van der Waals surface area contributed by atoms with Gasteiger partial charge in [-0.15, -0.1) is 0 Å². The fourth-order valence-corrected chi connectivity index (χ4v) is 2.50. The van der Waals surface area contributed by atoms with Gasteiger partial charge in [-0.25, -0.2) is 9.97 Å². The molecule has 1 aromatic carbocycles. The minimum absolute atomic E-state index is 0.799. The van der Waals surface area contributed by atoms with Crippen LogP contribution in [0.1, 0.15) is 31.5 Å². The Labute approximate surface area is 129 Å². The van der Waals surface area contributed by atoms with Crippen LogP contribution in [0.5, 0.6) is 0 Å². The van der Waals surface area contributed by atoms with Gasteiger partial charge in [-0.1, -0.05) is 29.8 Å². The van der Waals surface area contributed by atoms with E-state index in [0.717, 1.165) is 46.8 Å². The third-order valence-corrected chi connectivity index (χ3v) is 3.62. The molecule has 2 aromatic rings. The van der Waals surface area contributed by atoms with Gasteiger partial charge in [-0.2, -0.15) is 0 Å². The molecule has 4 heteroatoms. The smallest absolute Gasteiger partial charge is 0.162 e. The summed E-state index contributed by atoms with van der Waals surface area (Å²) in [5.41, 5.74) is 3.33. The van der Waals surface area contributed by atoms with E-state index in [0.29, 0.717) is 0 Å². The lowest BCUT2D eigenvalue weighted by Crippen LogP contribution is -2.05. The molecule has 1 aromatic heterocycles. The summed E-state index contributed by atoms with van der Waals surface area (Å²) in [5.74, 6) is 1.71. The maximum Gasteiger partial charge on any atom is 0.162 e. The molecule has 0 saturated heterocycles. The summed E-state index contributed by atoms with van der Waals surface area (Å²) in [7, 11) is 0. The van der Waals surface area contributed by atoms with Crippen LogP contribution in [0.2, 0.25) is 0 Å². The highest BCUT2D eigenvalue weighted by molar-refractivity contribution is 9.10. The standard InChI is InChI=1S/C16H20BrN3/c1-4-8-18-15-10-13(5-2)19-16(20-15)14-7-6-12(17)9-11(14)3/h6-7,9-10H,4-5,8H2,1-3H3,(H,18,19,20). The number of benzene rings is 1. The Balaban J connectivity index is 2.44. The summed E-state index contributed by atoms with van der Waals surface area (Å²) in [6.07, 6.45) is 1.99. The van der Waals surface area contributed by atoms with Crippen LogP contribution in [0.4, 0.5) is 5.82 Å². The zero-order valence-electron chi connectivity index (χ0n) is 12.2. The molecule has 106 valence electrons. The second-order valence-corrected chi connectivity index (χ2v) is 5.72. The van der Waals surface area contributed by atoms with Gasteiger partial charge in [0, 0.05) is 28.3 Å². The lowest BCUT2D eigenvalue weighted by Gasteiger charge is -2.10. The molecule has 2 rings (SSSR count). The van der Waals surface area contributed by atoms with Crippen molar-refractivity contribution < 1.29 is 0 Å². The third kappa shape index (κ3) is 3.57. The Morgan fingerprint density at radius 2 is 1.95 bits per heavy atom. The monoisotopic (exact) mass is 333 g/mol. The van der Waals surface area contributed by atoms with Gasteiger partial charge in [0.25, 0.3) is 0 Å². The molecule has 0 amide bonds. The molecule has 0 fully saturated rings. The van der Waals surface area contributed by atoms with Crippen molar-refractivity contribution in [1.29, 1.82) is 0 Å². The predicted molar refractivity (Wildman–Crippen MR) is 88.1 cm³/mol. The Morgan fingerprint density at radius 1 is 1.15 bits per heavy atom. The van der Waals surface area contributed by atoms with Crippen molar-refractivity contribution in [2.24, 2.45) is 0 Å². The van der Waals surface area contributed by atoms with E-state index in [9.17, 15) is 0 Å². The van der Waals surface area contributed by atoms with Crippen molar-refractivity contribution in [2.45, 2.75) is 33.6 Å². The number of rotatable bonds is 5. The molecule has 0 bridgehead atoms. The Bertz CT molecular complexity index is 596. The van der Waals surface area contributed by atoms with Crippen LogP contribution in [0.3, 0.4) is 0 Å². The zero-order chi connectivity index (χ0) is 14.5. The zero-order valence-corrected chi connectivity index (χ0v) is 13.8. The SMILES string of the molecule is CCCNc1cc(CC)nc(-c2ccc(Br)cc2C)n1. The Kier molecular flexibility index (Phi) is 5.12. The number of aryl methyl sites for hydroxylation is 2. The quantitative estimate of drug-likeness (QED) is 0.868. The first-order valence-electron chi connectivity index (χ1n) is 7.02. The molecule has 0 atom stereocenters. The second-order valence-electron chi connectivity index (χ2n) is 4.81. The fraction of sp³-hybridized carbons (Fsp3) is 0.375. The highest BCUT2D eigenvalue weighted by atomic mass is 79.9. The summed E-state index contributed by atoms with van der Waals surface area (Å²) >= 11 is 3.49. The van der Waals surface area contributed by atoms with Crippen molar-refractivity contribution in [1.82, 2.24) is 9.97 Å². The molecule has 0 spiro atoms. The molecule has 1 heterocycles. The Hall–Kier alpha value is -1.42. The summed E-state index contributed by atoms with van der Waals surface area (Å²) in [5, 5.41) is 3.35. The summed E-state index contributed by atoms with van der Waals surface area (Å²) in [6.45, 7) is 7.28. The maximum absolute atomic E-state index is 4.65. The Morgan fingerprint density at radius 3 is 2.60 bits per heavy atom. The lowest BCUT2D eigenvalue weighted by molar-refractivity contribution is 0.951. The van der Waals surface area contributed by atoms with Crippen molar-refractivity contribution in [2.75, 3.05) is 11.9 Å². The number of nitrogens with one attached hydrogen (secondary N) is 1. The number of halogens is 1. The molecule has 1 N–H and O–H groups in total. The average Bonchev–Trinajstić information content (AvgIpc) is 2.44. The molecule has 0 aliphatic carbocycles. The van der Waals surface area contributed by atoms with Crippen LogP contribution in [0.25, 0.3) is 11.4 Å². The highest BCUT2D eigenvalue weighted by Gasteiger charge is 2.09. The van der Waals surface area contributed by atoms with Crippen LogP contribution in [-0.4, -0.2) is 16.5 Å². The van der Waals surface area contributed by atoms with Gasteiger partial charge in [0.05, 0.1) is 0 Å². The predicted octanol–water partition coefficient (Wildman–Crippen LogP) is 4.60. The molecule has 20 heavy (non-hydrogen) atoms. The summed E-state index contributed by atoms with van der Waals surface area (Å²) in [6, 6.07) is 8.23. The van der Waals surface area contributed by atoms with Crippen molar-refractivity contribution >= 4 is 21.7 Å². The topological polar surface area (TPSA) is 37.8 Å². The van der Waals surface area contributed by atoms with Crippen LogP contribution in [0.15, 0.2) is 28.7 Å². The molecule has 3 nitrogen and oxygen atoms in total. The van der Waals surface area contributed by atoms with Gasteiger partial charge in [-0.05, 0) is 43.5 Å². The van der Waals surface area contributed by atoms with Gasteiger partial charge >= 0.3 is 0 Å². The second kappa shape index (κ2) is 6.84. The van der Waals surface area contributed by atoms with E-state index in [1.165, 1.54) is 5.56 Å². The van der Waals surface area contributed by atoms with E-state index < -0.39 is 0 Å². The van der Waals surface area contributed by atoms with Gasteiger partial charge < -0.3 is 5.32 Å². The molecule has 0 radical (unpaired) electrons. The van der Waals surface area contributed by atoms with E-state index in [1.807, 2.05) is 12.1 Å². The summed E-state index contributed by atoms with van der Waals surface area (Å²) < 4.78 is 1.08. The van der Waals surface area contributed by atoms with Gasteiger partial charge in [0.15, 0.2) is 5.82 Å². The van der Waals surface area contributed by atoms with Crippen molar-refractivity contribution in [3.05, 3.63) is 40.0 Å². The van der Waals surface area contributed by atoms with Crippen molar-refractivity contribution in [3.63, 3.8) is 0 Å². The van der Waals surface area contributed by atoms with Crippen LogP contribution in [0, 0.1) is 6.92 Å². The number of hydrogen-bond donors (Lipinski definition) is 1. The molecule has 0 aliphatic heterocycles. The molecule has 0 unspecified atom stereocenters. The molecule has 0 saturated carbocycles. The minimum atomic E-state index is 0.799. The van der Waals surface area contributed by atoms with E-state index in [4.69, 9.17) is 0 Å². The van der Waals surface area contributed by atoms with E-state index in [1.54, 1.807) is 0 Å². The third-order valence-electron chi connectivity index (χ3n) is 3.13. The van der Waals surface area contributed by atoms with Gasteiger partial charge in [-0.3, -0.25) is 0 Å². The first kappa shape index (κ1) is 15.0. The number of anilines is 1. The molecular weight excluding hydrogens is 314 g/mol. The fourth-order valence-electron chi connectivity index (χ4n) is 2.02. The number of nitrogens with zero attached hydrogens (tertiary/aromatic N) is 2. The van der Waals surface area contributed by atoms with Crippen LogP contribution < -0.4 is 5.32 Å². The lowest BCUT2D eigenvalue weighted by atomic mass is 10.1. The largest absolute Gasteiger partial charge is 0.370 e. The normalized spacial score (nSPS) is 10.6. The van der Waals surface area contributed by atoms with Crippen LogP contribution >= 0.6 is 15.9 Å². The van der Waals surface area contributed by atoms with E-state index in [-0.39, 0.29) is 0 Å². The van der Waals surface area contributed by atoms with E-state index >= 15 is 0 Å². The van der Waals surface area contributed by atoms with Crippen LogP contribution in [-0.2, 0) is 6.42 Å². The minimum Gasteiger partial charge on any atom is -0.370 e. The van der Waals surface area contributed by atoms with Gasteiger partial charge in [0.2, 0.25) is 0 Å². The number of aromatic nitrogens is 2. The van der Waals surface area contributed by atoms with Crippen molar-refractivity contribution in [3.8, 4) is 11.4 Å². The highest BCUT2D eigenvalue weighted by Crippen LogP contribution is 2.25. The van der Waals surface area contributed by atoms with E-state index in [2.05, 4.69) is 64.1 Å². The average molecular weight is 334 g/mol. The van der Waals surface area contributed by atoms with Gasteiger partial charge in [0.1, 0.15) is 5.82 Å². The maximum atomic E-state index is 4.65. The first-order valence-corrected chi connectivity index (χ1v) is 7.81. The number of hydrogen-bond acceptors (Lipinski definition) is 3. The molecule has 0 aliphatic rings. The first-order chi connectivity index (χ1) is 9.63. The summed E-state index contributed by atoms with van der Waals surface area (Å²) in [4.78, 5) is 9.30.